The third-order valence-corrected chi connectivity index (χ3v) is 3.29. The average Bonchev–Trinajstić information content (AvgIpc) is 2.90. The molecule has 0 fully saturated rings. The van der Waals surface area contributed by atoms with Gasteiger partial charge in [0.15, 0.2) is 6.29 Å². The SMILES string of the molecule is CN(C)CCOC(=N)/C=C\C(=N)c1c(C=O)cc2ccccn12. The van der Waals surface area contributed by atoms with E-state index in [4.69, 9.17) is 15.6 Å². The number of ether oxygens (including phenoxy) is 1. The van der Waals surface area contributed by atoms with Crippen LogP contribution in [0.3, 0.4) is 0 Å². The topological polar surface area (TPSA) is 81.7 Å². The van der Waals surface area contributed by atoms with Crippen molar-refractivity contribution in [3.8, 4) is 0 Å². The van der Waals surface area contributed by atoms with Crippen LogP contribution in [-0.2, 0) is 4.74 Å². The average molecular weight is 312 g/mol. The number of fused-ring (bicyclic) bond motifs is 1. The molecule has 0 aliphatic rings. The van der Waals surface area contributed by atoms with E-state index in [0.29, 0.717) is 24.4 Å². The summed E-state index contributed by atoms with van der Waals surface area (Å²) in [7, 11) is 3.86. The Morgan fingerprint density at radius 2 is 2.09 bits per heavy atom. The fraction of sp³-hybridized carbons (Fsp3) is 0.235. The van der Waals surface area contributed by atoms with Crippen LogP contribution in [0.15, 0.2) is 42.6 Å². The van der Waals surface area contributed by atoms with E-state index in [1.807, 2.05) is 37.2 Å². The summed E-state index contributed by atoms with van der Waals surface area (Å²) in [6.07, 6.45) is 5.44. The zero-order valence-electron chi connectivity index (χ0n) is 13.2. The summed E-state index contributed by atoms with van der Waals surface area (Å²) in [5, 5.41) is 15.9. The first-order valence-corrected chi connectivity index (χ1v) is 7.21. The molecule has 6 nitrogen and oxygen atoms in total. The van der Waals surface area contributed by atoms with Crippen molar-refractivity contribution in [2.24, 2.45) is 0 Å². The van der Waals surface area contributed by atoms with Gasteiger partial charge in [-0.15, -0.1) is 0 Å². The molecule has 120 valence electrons. The monoisotopic (exact) mass is 312 g/mol. The van der Waals surface area contributed by atoms with Gasteiger partial charge in [0.1, 0.15) is 6.61 Å². The van der Waals surface area contributed by atoms with Gasteiger partial charge in [0, 0.05) is 29.9 Å². The molecular weight excluding hydrogens is 292 g/mol. The molecule has 2 rings (SSSR count). The summed E-state index contributed by atoms with van der Waals surface area (Å²) in [4.78, 5) is 13.2. The van der Waals surface area contributed by atoms with Crippen LogP contribution in [0.1, 0.15) is 16.1 Å². The maximum Gasteiger partial charge on any atom is 0.205 e. The van der Waals surface area contributed by atoms with Gasteiger partial charge in [0.2, 0.25) is 5.90 Å². The third-order valence-electron chi connectivity index (χ3n) is 3.29. The van der Waals surface area contributed by atoms with Gasteiger partial charge in [0.05, 0.1) is 11.4 Å². The fourth-order valence-corrected chi connectivity index (χ4v) is 2.14. The van der Waals surface area contributed by atoms with Crippen molar-refractivity contribution in [3.05, 3.63) is 53.9 Å². The highest BCUT2D eigenvalue weighted by atomic mass is 16.5. The van der Waals surface area contributed by atoms with Crippen LogP contribution in [0, 0.1) is 10.8 Å². The largest absolute Gasteiger partial charge is 0.477 e. The molecule has 2 heterocycles. The Morgan fingerprint density at radius 1 is 1.30 bits per heavy atom. The third kappa shape index (κ3) is 4.14. The van der Waals surface area contributed by atoms with Gasteiger partial charge in [-0.1, -0.05) is 6.07 Å². The van der Waals surface area contributed by atoms with E-state index in [1.165, 1.54) is 12.2 Å². The normalized spacial score (nSPS) is 11.3. The van der Waals surface area contributed by atoms with Crippen molar-refractivity contribution in [1.29, 1.82) is 10.8 Å². The Labute approximate surface area is 135 Å². The lowest BCUT2D eigenvalue weighted by Crippen LogP contribution is -2.19. The summed E-state index contributed by atoms with van der Waals surface area (Å²) in [6, 6.07) is 7.33. The molecule has 0 spiro atoms. The maximum atomic E-state index is 11.2. The molecule has 0 atom stereocenters. The maximum absolute atomic E-state index is 11.2. The summed E-state index contributed by atoms with van der Waals surface area (Å²) >= 11 is 0. The Hall–Kier alpha value is -2.73. The van der Waals surface area contributed by atoms with Gasteiger partial charge in [-0.3, -0.25) is 15.6 Å². The molecule has 0 saturated carbocycles. The van der Waals surface area contributed by atoms with Crippen LogP contribution in [0.4, 0.5) is 0 Å². The summed E-state index contributed by atoms with van der Waals surface area (Å²) in [6.45, 7) is 1.13. The molecule has 0 saturated heterocycles. The number of hydrogen-bond donors (Lipinski definition) is 2. The molecular formula is C17H20N4O2. The number of nitrogens with zero attached hydrogens (tertiary/aromatic N) is 2. The molecule has 0 aliphatic heterocycles. The van der Waals surface area contributed by atoms with Crippen molar-refractivity contribution < 1.29 is 9.53 Å². The predicted octanol–water partition coefficient (Wildman–Crippen LogP) is 2.23. The van der Waals surface area contributed by atoms with Crippen molar-refractivity contribution in [2.45, 2.75) is 0 Å². The number of nitrogens with one attached hydrogen (secondary N) is 2. The second kappa shape index (κ2) is 7.51. The Bertz CT molecular complexity index is 759. The zero-order chi connectivity index (χ0) is 16.8. The van der Waals surface area contributed by atoms with Crippen molar-refractivity contribution in [2.75, 3.05) is 27.2 Å². The molecule has 23 heavy (non-hydrogen) atoms. The highest BCUT2D eigenvalue weighted by molar-refractivity contribution is 6.12. The first-order valence-electron chi connectivity index (χ1n) is 7.21. The molecule has 0 radical (unpaired) electrons. The number of allylic oxidation sites excluding steroid dienone is 1. The first kappa shape index (κ1) is 16.6. The summed E-state index contributed by atoms with van der Waals surface area (Å²) in [5.41, 5.74) is 1.96. The van der Waals surface area contributed by atoms with E-state index in [2.05, 4.69) is 0 Å². The lowest BCUT2D eigenvalue weighted by atomic mass is 10.1. The molecule has 2 aromatic heterocycles. The lowest BCUT2D eigenvalue weighted by molar-refractivity contribution is 0.112. The number of aromatic nitrogens is 1. The van der Waals surface area contributed by atoms with Crippen LogP contribution < -0.4 is 0 Å². The second-order valence-corrected chi connectivity index (χ2v) is 5.32. The second-order valence-electron chi connectivity index (χ2n) is 5.32. The number of hydrogen-bond acceptors (Lipinski definition) is 5. The Balaban J connectivity index is 2.13. The van der Waals surface area contributed by atoms with E-state index in [0.717, 1.165) is 11.8 Å². The Morgan fingerprint density at radius 3 is 2.78 bits per heavy atom. The first-order chi connectivity index (χ1) is 11.0. The predicted molar refractivity (Wildman–Crippen MR) is 91.0 cm³/mol. The van der Waals surface area contributed by atoms with E-state index < -0.39 is 0 Å². The minimum absolute atomic E-state index is 0.00915. The van der Waals surface area contributed by atoms with E-state index in [-0.39, 0.29) is 11.6 Å². The summed E-state index contributed by atoms with van der Waals surface area (Å²) in [5.74, 6) is -0.00915. The van der Waals surface area contributed by atoms with Gasteiger partial charge in [-0.2, -0.15) is 0 Å². The van der Waals surface area contributed by atoms with Crippen molar-refractivity contribution >= 4 is 23.4 Å². The lowest BCUT2D eigenvalue weighted by Gasteiger charge is -2.09. The smallest absolute Gasteiger partial charge is 0.205 e. The van der Waals surface area contributed by atoms with Gasteiger partial charge < -0.3 is 14.0 Å². The molecule has 0 bridgehead atoms. The van der Waals surface area contributed by atoms with Crippen molar-refractivity contribution in [3.63, 3.8) is 0 Å². The minimum Gasteiger partial charge on any atom is -0.477 e. The van der Waals surface area contributed by atoms with E-state index >= 15 is 0 Å². The number of rotatable bonds is 7. The number of likely N-dealkylation sites (N-methyl/N-ethyl adjacent to an activating group) is 1. The van der Waals surface area contributed by atoms with Crippen molar-refractivity contribution in [1.82, 2.24) is 9.30 Å². The van der Waals surface area contributed by atoms with Gasteiger partial charge >= 0.3 is 0 Å². The number of aldehydes is 1. The van der Waals surface area contributed by atoms with Crippen LogP contribution in [0.5, 0.6) is 0 Å². The van der Waals surface area contributed by atoms with Crippen LogP contribution >= 0.6 is 0 Å². The molecule has 2 N–H and O–H groups in total. The number of pyridine rings is 1. The number of carbonyl (C=O) groups excluding carboxylic acids is 1. The molecule has 0 amide bonds. The van der Waals surface area contributed by atoms with Gasteiger partial charge in [0.25, 0.3) is 0 Å². The van der Waals surface area contributed by atoms with Crippen LogP contribution in [0.25, 0.3) is 5.52 Å². The molecule has 2 aromatic rings. The van der Waals surface area contributed by atoms with E-state index in [1.54, 1.807) is 16.7 Å². The molecule has 0 aliphatic carbocycles. The summed E-state index contributed by atoms with van der Waals surface area (Å²) < 4.78 is 7.03. The molecule has 0 aromatic carbocycles. The zero-order valence-corrected chi connectivity index (χ0v) is 13.2. The van der Waals surface area contributed by atoms with E-state index in [9.17, 15) is 4.79 Å². The fourth-order valence-electron chi connectivity index (χ4n) is 2.14. The standard InChI is InChI=1S/C17H20N4O2/c1-20(2)9-10-23-16(19)7-6-15(18)17-13(12-22)11-14-5-3-4-8-21(14)17/h3-8,11-12,18-19H,9-10H2,1-2H3/b7-6-,18-15?,19-16?. The number of carbonyl (C=O) groups is 1. The quantitative estimate of drug-likeness (QED) is 0.467. The molecule has 0 unspecified atom stereocenters. The Kier molecular flexibility index (Phi) is 5.43. The van der Waals surface area contributed by atoms with Crippen LogP contribution in [-0.4, -0.2) is 54.4 Å². The van der Waals surface area contributed by atoms with Gasteiger partial charge in [-0.05, 0) is 38.4 Å². The van der Waals surface area contributed by atoms with Gasteiger partial charge in [-0.25, -0.2) is 0 Å². The minimum atomic E-state index is -0.00915. The highest BCUT2D eigenvalue weighted by Crippen LogP contribution is 2.16. The molecule has 6 heteroatoms. The highest BCUT2D eigenvalue weighted by Gasteiger charge is 2.12. The van der Waals surface area contributed by atoms with Crippen LogP contribution in [0.2, 0.25) is 0 Å².